The molecule has 1 aliphatic rings. The minimum atomic E-state index is -2.37. The van der Waals surface area contributed by atoms with Gasteiger partial charge in [-0.3, -0.25) is 0 Å². The zero-order valence-corrected chi connectivity index (χ0v) is 13.1. The van der Waals surface area contributed by atoms with E-state index in [9.17, 15) is 8.78 Å². The summed E-state index contributed by atoms with van der Waals surface area (Å²) < 4.78 is 31.8. The molecule has 22 heavy (non-hydrogen) atoms. The lowest BCUT2D eigenvalue weighted by molar-refractivity contribution is 0.251. The Kier molecular flexibility index (Phi) is 4.77. The van der Waals surface area contributed by atoms with Crippen molar-refractivity contribution in [2.24, 2.45) is 0 Å². The van der Waals surface area contributed by atoms with Crippen molar-refractivity contribution in [2.45, 2.75) is 50.4 Å². The van der Waals surface area contributed by atoms with Gasteiger partial charge in [-0.15, -0.1) is 0 Å². The van der Waals surface area contributed by atoms with Gasteiger partial charge in [-0.1, -0.05) is 11.8 Å². The van der Waals surface area contributed by atoms with Gasteiger partial charge in [0.05, 0.1) is 18.8 Å². The molecule has 1 atom stereocenters. The average molecular weight is 328 g/mol. The first-order chi connectivity index (χ1) is 10.6. The van der Waals surface area contributed by atoms with Crippen molar-refractivity contribution in [1.82, 2.24) is 20.1 Å². The summed E-state index contributed by atoms with van der Waals surface area (Å²) in [6.45, 7) is 3.29. The van der Waals surface area contributed by atoms with Crippen LogP contribution in [0.4, 0.5) is 8.78 Å². The summed E-state index contributed by atoms with van der Waals surface area (Å²) in [5, 5.41) is 7.80. The molecule has 0 amide bonds. The molecule has 2 aromatic rings. The summed E-state index contributed by atoms with van der Waals surface area (Å²) in [6, 6.07) is 3.91. The van der Waals surface area contributed by atoms with Gasteiger partial charge in [0, 0.05) is 12.5 Å². The molecule has 1 N–H and O–H groups in total. The van der Waals surface area contributed by atoms with Crippen LogP contribution in [0.2, 0.25) is 0 Å². The number of hydrogen-bond acceptors (Lipinski definition) is 5. The highest BCUT2D eigenvalue weighted by Gasteiger charge is 2.20. The smallest absolute Gasteiger partial charge is 0.284 e. The topological polar surface area (TPSA) is 55.9 Å². The fraction of sp³-hybridized carbons (Fsp3) is 0.571. The molecule has 0 spiro atoms. The fourth-order valence-electron chi connectivity index (χ4n) is 2.59. The van der Waals surface area contributed by atoms with E-state index in [-0.39, 0.29) is 5.75 Å². The number of fused-ring (bicyclic) bond motifs is 1. The van der Waals surface area contributed by atoms with Crippen molar-refractivity contribution in [3.63, 3.8) is 0 Å². The van der Waals surface area contributed by atoms with Gasteiger partial charge in [-0.2, -0.15) is 13.9 Å². The second kappa shape index (κ2) is 6.78. The summed E-state index contributed by atoms with van der Waals surface area (Å²) in [7, 11) is 0. The van der Waals surface area contributed by atoms with Gasteiger partial charge in [-0.25, -0.2) is 9.67 Å². The highest BCUT2D eigenvalue weighted by Crippen LogP contribution is 2.21. The Balaban J connectivity index is 1.49. The molecule has 0 fully saturated rings. The molecule has 5 nitrogen and oxygen atoms in total. The lowest BCUT2D eigenvalue weighted by Gasteiger charge is -2.23. The van der Waals surface area contributed by atoms with Gasteiger partial charge in [0.2, 0.25) is 0 Å². The van der Waals surface area contributed by atoms with Gasteiger partial charge in [-0.05, 0) is 25.5 Å². The van der Waals surface area contributed by atoms with Crippen molar-refractivity contribution >= 4 is 11.8 Å². The van der Waals surface area contributed by atoms with Gasteiger partial charge in [0.25, 0.3) is 5.76 Å². The lowest BCUT2D eigenvalue weighted by atomic mass is 10.1. The molecule has 0 bridgehead atoms. The van der Waals surface area contributed by atoms with E-state index in [1.54, 1.807) is 6.07 Å². The summed E-state index contributed by atoms with van der Waals surface area (Å²) in [4.78, 5) is 4.38. The van der Waals surface area contributed by atoms with Crippen LogP contribution in [0.5, 0.6) is 0 Å². The van der Waals surface area contributed by atoms with Crippen LogP contribution in [0.1, 0.15) is 29.6 Å². The normalized spacial score (nSPS) is 17.9. The SMILES string of the molecule is Cc1nc2n(n1)CC(NCc1ccc(CSC(F)F)o1)CC2. The first kappa shape index (κ1) is 15.5. The Hall–Kier alpha value is -1.41. The number of aryl methyl sites for hydroxylation is 2. The highest BCUT2D eigenvalue weighted by atomic mass is 32.2. The maximum absolute atomic E-state index is 12.1. The second-order valence-corrected chi connectivity index (χ2v) is 6.29. The largest absolute Gasteiger partial charge is 0.464 e. The molecule has 0 aliphatic carbocycles. The van der Waals surface area contributed by atoms with Gasteiger partial charge < -0.3 is 9.73 Å². The molecule has 0 aromatic carbocycles. The maximum Gasteiger partial charge on any atom is 0.284 e. The standard InChI is InChI=1S/C14H18F2N4OS/c1-9-18-13-5-2-10(7-20(13)19-9)17-6-11-3-4-12(21-11)8-22-14(15)16/h3-4,10,14,17H,2,5-8H2,1H3. The third kappa shape index (κ3) is 3.86. The monoisotopic (exact) mass is 328 g/mol. The van der Waals surface area contributed by atoms with E-state index >= 15 is 0 Å². The van der Waals surface area contributed by atoms with Crippen LogP contribution < -0.4 is 5.32 Å². The molecule has 120 valence electrons. The van der Waals surface area contributed by atoms with E-state index in [2.05, 4.69) is 15.4 Å². The first-order valence-electron chi connectivity index (χ1n) is 7.21. The van der Waals surface area contributed by atoms with Gasteiger partial charge >= 0.3 is 0 Å². The van der Waals surface area contributed by atoms with E-state index in [1.165, 1.54) is 0 Å². The fourth-order valence-corrected chi connectivity index (χ4v) is 3.03. The number of thioether (sulfide) groups is 1. The molecule has 1 aliphatic heterocycles. The van der Waals surface area contributed by atoms with Crippen molar-refractivity contribution in [2.75, 3.05) is 0 Å². The lowest BCUT2D eigenvalue weighted by Crippen LogP contribution is -2.37. The summed E-state index contributed by atoms with van der Waals surface area (Å²) in [6.07, 6.45) is 1.92. The second-order valence-electron chi connectivity index (χ2n) is 5.31. The maximum atomic E-state index is 12.1. The van der Waals surface area contributed by atoms with E-state index < -0.39 is 5.76 Å². The van der Waals surface area contributed by atoms with Gasteiger partial charge in [0.1, 0.15) is 23.2 Å². The van der Waals surface area contributed by atoms with Crippen LogP contribution >= 0.6 is 11.8 Å². The molecular weight excluding hydrogens is 310 g/mol. The first-order valence-corrected chi connectivity index (χ1v) is 8.26. The van der Waals surface area contributed by atoms with Crippen LogP contribution in [0.25, 0.3) is 0 Å². The number of nitrogens with one attached hydrogen (secondary N) is 1. The van der Waals surface area contributed by atoms with Crippen LogP contribution in [0.3, 0.4) is 0 Å². The van der Waals surface area contributed by atoms with E-state index in [0.29, 0.717) is 30.1 Å². The molecule has 3 rings (SSSR count). The van der Waals surface area contributed by atoms with Gasteiger partial charge in [0.15, 0.2) is 0 Å². The van der Waals surface area contributed by atoms with Crippen LogP contribution in [-0.2, 0) is 25.3 Å². The number of furan rings is 1. The number of aromatic nitrogens is 3. The third-order valence-electron chi connectivity index (χ3n) is 3.60. The zero-order chi connectivity index (χ0) is 15.5. The minimum absolute atomic E-state index is 0.197. The summed E-state index contributed by atoms with van der Waals surface area (Å²) in [5.74, 6) is 1.03. The molecular formula is C14H18F2N4OS. The highest BCUT2D eigenvalue weighted by molar-refractivity contribution is 7.98. The quantitative estimate of drug-likeness (QED) is 0.884. The number of alkyl halides is 2. The van der Waals surface area contributed by atoms with Crippen molar-refractivity contribution < 1.29 is 13.2 Å². The molecule has 0 radical (unpaired) electrons. The van der Waals surface area contributed by atoms with E-state index in [4.69, 9.17) is 4.42 Å². The summed E-state index contributed by atoms with van der Waals surface area (Å²) >= 11 is 0.572. The van der Waals surface area contributed by atoms with Crippen molar-refractivity contribution in [3.05, 3.63) is 35.3 Å². The van der Waals surface area contributed by atoms with Crippen LogP contribution in [-0.4, -0.2) is 26.6 Å². The van der Waals surface area contributed by atoms with Crippen molar-refractivity contribution in [3.8, 4) is 0 Å². The Morgan fingerprint density at radius 1 is 1.45 bits per heavy atom. The number of hydrogen-bond donors (Lipinski definition) is 1. The number of halogens is 2. The molecule has 3 heterocycles. The Morgan fingerprint density at radius 3 is 3.09 bits per heavy atom. The Labute approximate surface area is 131 Å². The third-order valence-corrected chi connectivity index (χ3v) is 4.30. The van der Waals surface area contributed by atoms with Crippen LogP contribution in [0, 0.1) is 6.92 Å². The molecule has 0 saturated carbocycles. The molecule has 2 aromatic heterocycles. The predicted octanol–water partition coefficient (Wildman–Crippen LogP) is 2.74. The molecule has 0 saturated heterocycles. The molecule has 1 unspecified atom stereocenters. The molecule has 8 heteroatoms. The average Bonchev–Trinajstić information content (AvgIpc) is 3.07. The van der Waals surface area contributed by atoms with Crippen molar-refractivity contribution in [1.29, 1.82) is 0 Å². The van der Waals surface area contributed by atoms with Crippen LogP contribution in [0.15, 0.2) is 16.5 Å². The van der Waals surface area contributed by atoms with E-state index in [0.717, 1.165) is 36.8 Å². The number of rotatable bonds is 6. The minimum Gasteiger partial charge on any atom is -0.464 e. The number of nitrogens with zero attached hydrogens (tertiary/aromatic N) is 3. The summed E-state index contributed by atoms with van der Waals surface area (Å²) in [5.41, 5.74) is 0. The Morgan fingerprint density at radius 2 is 2.27 bits per heavy atom. The zero-order valence-electron chi connectivity index (χ0n) is 12.3. The Bertz CT molecular complexity index is 628. The predicted molar refractivity (Wildman–Crippen MR) is 79.7 cm³/mol. The van der Waals surface area contributed by atoms with E-state index in [1.807, 2.05) is 17.7 Å².